The van der Waals surface area contributed by atoms with Crippen molar-refractivity contribution in [2.24, 2.45) is 5.92 Å². The minimum Gasteiger partial charge on any atom is -0.338 e. The van der Waals surface area contributed by atoms with Gasteiger partial charge < -0.3 is 9.84 Å². The van der Waals surface area contributed by atoms with Crippen LogP contribution in [0.15, 0.2) is 4.52 Å². The molecule has 0 spiro atoms. The van der Waals surface area contributed by atoms with Crippen molar-refractivity contribution in [1.29, 1.82) is 0 Å². The second-order valence-electron chi connectivity index (χ2n) is 5.82. The lowest BCUT2D eigenvalue weighted by Crippen LogP contribution is -2.29. The number of thioether (sulfide) groups is 1. The average molecular weight is 271 g/mol. The highest BCUT2D eigenvalue weighted by atomic mass is 32.2. The van der Waals surface area contributed by atoms with Crippen LogP contribution < -0.4 is 5.32 Å². The summed E-state index contributed by atoms with van der Waals surface area (Å²) in [6.45, 7) is 13.8. The lowest BCUT2D eigenvalue weighted by molar-refractivity contribution is 0.291. The summed E-state index contributed by atoms with van der Waals surface area (Å²) in [7, 11) is 0. The van der Waals surface area contributed by atoms with Gasteiger partial charge in [-0.2, -0.15) is 16.7 Å². The zero-order chi connectivity index (χ0) is 13.8. The molecule has 0 aromatic carbocycles. The van der Waals surface area contributed by atoms with E-state index in [4.69, 9.17) is 4.52 Å². The lowest BCUT2D eigenvalue weighted by atomic mass is 10.0. The van der Waals surface area contributed by atoms with Crippen molar-refractivity contribution in [3.8, 4) is 0 Å². The van der Waals surface area contributed by atoms with Gasteiger partial charge in [-0.1, -0.05) is 39.8 Å². The van der Waals surface area contributed by atoms with E-state index >= 15 is 0 Å². The smallest absolute Gasteiger partial charge is 0.244 e. The van der Waals surface area contributed by atoms with E-state index in [-0.39, 0.29) is 6.04 Å². The monoisotopic (exact) mass is 271 g/mol. The van der Waals surface area contributed by atoms with Gasteiger partial charge >= 0.3 is 0 Å². The van der Waals surface area contributed by atoms with E-state index in [0.717, 1.165) is 12.3 Å². The maximum Gasteiger partial charge on any atom is 0.244 e. The number of rotatable bonds is 6. The maximum absolute atomic E-state index is 5.26. The normalized spacial score (nSPS) is 14.2. The van der Waals surface area contributed by atoms with E-state index in [2.05, 4.69) is 50.1 Å². The fourth-order valence-electron chi connectivity index (χ4n) is 1.62. The van der Waals surface area contributed by atoms with E-state index in [0.29, 0.717) is 22.4 Å². The second-order valence-corrected chi connectivity index (χ2v) is 7.74. The molecule has 0 fully saturated rings. The van der Waals surface area contributed by atoms with E-state index in [1.165, 1.54) is 0 Å². The topological polar surface area (TPSA) is 51.0 Å². The molecule has 0 aliphatic rings. The molecule has 0 amide bonds. The fraction of sp³-hybridized carbons (Fsp3) is 0.846. The first-order chi connectivity index (χ1) is 8.29. The molecule has 1 atom stereocenters. The summed E-state index contributed by atoms with van der Waals surface area (Å²) in [4.78, 5) is 4.31. The molecule has 0 saturated heterocycles. The third-order valence-electron chi connectivity index (χ3n) is 2.48. The van der Waals surface area contributed by atoms with Gasteiger partial charge in [-0.3, -0.25) is 0 Å². The van der Waals surface area contributed by atoms with Crippen LogP contribution in [0.25, 0.3) is 0 Å². The van der Waals surface area contributed by atoms with E-state index in [1.807, 2.05) is 18.7 Å². The van der Waals surface area contributed by atoms with Gasteiger partial charge in [0.2, 0.25) is 5.89 Å². The highest BCUT2D eigenvalue weighted by molar-refractivity contribution is 8.00. The quantitative estimate of drug-likeness (QED) is 0.805. The highest BCUT2D eigenvalue weighted by Crippen LogP contribution is 2.23. The molecular weight excluding hydrogens is 246 g/mol. The molecule has 1 N–H and O–H groups in total. The Kier molecular flexibility index (Phi) is 5.66. The largest absolute Gasteiger partial charge is 0.338 e. The molecule has 1 unspecified atom stereocenters. The van der Waals surface area contributed by atoms with Gasteiger partial charge in [0.05, 0.1) is 6.04 Å². The van der Waals surface area contributed by atoms with E-state index < -0.39 is 0 Å². The summed E-state index contributed by atoms with van der Waals surface area (Å²) >= 11 is 1.96. The Balaban J connectivity index is 2.45. The Morgan fingerprint density at radius 2 is 2.00 bits per heavy atom. The summed E-state index contributed by atoms with van der Waals surface area (Å²) in [6.07, 6.45) is 0. The van der Waals surface area contributed by atoms with Gasteiger partial charge in [-0.25, -0.2) is 0 Å². The van der Waals surface area contributed by atoms with Crippen LogP contribution in [0.4, 0.5) is 0 Å². The van der Waals surface area contributed by atoms with E-state index in [9.17, 15) is 0 Å². The molecule has 0 aliphatic carbocycles. The van der Waals surface area contributed by atoms with Gasteiger partial charge in [-0.15, -0.1) is 0 Å². The minimum absolute atomic E-state index is 0.145. The van der Waals surface area contributed by atoms with Gasteiger partial charge in [0.1, 0.15) is 0 Å². The number of aryl methyl sites for hydroxylation is 1. The van der Waals surface area contributed by atoms with Crippen LogP contribution in [0.2, 0.25) is 0 Å². The molecular formula is C13H25N3OS. The molecule has 0 radical (unpaired) electrons. The van der Waals surface area contributed by atoms with Crippen LogP contribution in [0, 0.1) is 12.8 Å². The zero-order valence-corrected chi connectivity index (χ0v) is 13.1. The van der Waals surface area contributed by atoms with Crippen molar-refractivity contribution in [2.75, 3.05) is 12.3 Å². The van der Waals surface area contributed by atoms with Crippen molar-refractivity contribution in [3.05, 3.63) is 11.7 Å². The third kappa shape index (κ3) is 5.40. The summed E-state index contributed by atoms with van der Waals surface area (Å²) in [5, 5.41) is 7.36. The fourth-order valence-corrected chi connectivity index (χ4v) is 2.45. The van der Waals surface area contributed by atoms with Crippen LogP contribution in [0.1, 0.15) is 52.4 Å². The van der Waals surface area contributed by atoms with Crippen molar-refractivity contribution in [1.82, 2.24) is 15.5 Å². The molecule has 1 heterocycles. The highest BCUT2D eigenvalue weighted by Gasteiger charge is 2.21. The lowest BCUT2D eigenvalue weighted by Gasteiger charge is -2.21. The van der Waals surface area contributed by atoms with Crippen molar-refractivity contribution >= 4 is 11.8 Å². The molecule has 18 heavy (non-hydrogen) atoms. The Bertz CT molecular complexity index is 357. The van der Waals surface area contributed by atoms with Crippen molar-refractivity contribution in [3.63, 3.8) is 0 Å². The average Bonchev–Trinajstić information content (AvgIpc) is 2.62. The Morgan fingerprint density at radius 3 is 2.44 bits per heavy atom. The van der Waals surface area contributed by atoms with Crippen LogP contribution in [0.3, 0.4) is 0 Å². The molecule has 4 nitrogen and oxygen atoms in total. The van der Waals surface area contributed by atoms with Crippen LogP contribution in [-0.4, -0.2) is 27.2 Å². The van der Waals surface area contributed by atoms with Gasteiger partial charge in [-0.05, 0) is 12.8 Å². The predicted molar refractivity (Wildman–Crippen MR) is 76.8 cm³/mol. The Labute approximate surface area is 114 Å². The molecule has 1 aromatic rings. The van der Waals surface area contributed by atoms with Gasteiger partial charge in [0.15, 0.2) is 5.82 Å². The molecule has 1 aromatic heterocycles. The molecule has 0 bridgehead atoms. The number of hydrogen-bond donors (Lipinski definition) is 1. The number of nitrogens with one attached hydrogen (secondary N) is 1. The first-order valence-corrected chi connectivity index (χ1v) is 7.45. The molecule has 0 saturated carbocycles. The number of nitrogens with zero attached hydrogens (tertiary/aromatic N) is 2. The van der Waals surface area contributed by atoms with Gasteiger partial charge in [0, 0.05) is 17.0 Å². The van der Waals surface area contributed by atoms with Crippen molar-refractivity contribution < 1.29 is 4.52 Å². The maximum atomic E-state index is 5.26. The van der Waals surface area contributed by atoms with Crippen LogP contribution in [-0.2, 0) is 0 Å². The second kappa shape index (κ2) is 6.57. The van der Waals surface area contributed by atoms with E-state index in [1.54, 1.807) is 0 Å². The van der Waals surface area contributed by atoms with Crippen LogP contribution in [0.5, 0.6) is 0 Å². The summed E-state index contributed by atoms with van der Waals surface area (Å²) in [5.74, 6) is 2.91. The molecule has 1 rings (SSSR count). The standard InChI is InChI=1S/C13H25N3OS/c1-9(2)11(12-15-10(3)16-17-12)14-7-8-18-13(4,5)6/h9,11,14H,7-8H2,1-6H3. The SMILES string of the molecule is Cc1noc(C(NCCSC(C)(C)C)C(C)C)n1. The summed E-state index contributed by atoms with van der Waals surface area (Å²) < 4.78 is 5.57. The molecule has 0 aliphatic heterocycles. The van der Waals surface area contributed by atoms with Gasteiger partial charge in [0.25, 0.3) is 0 Å². The predicted octanol–water partition coefficient (Wildman–Crippen LogP) is 3.20. The zero-order valence-electron chi connectivity index (χ0n) is 12.3. The molecule has 5 heteroatoms. The first kappa shape index (κ1) is 15.5. The Morgan fingerprint density at radius 1 is 1.33 bits per heavy atom. The Hall–Kier alpha value is -0.550. The minimum atomic E-state index is 0.145. The number of aromatic nitrogens is 2. The van der Waals surface area contributed by atoms with Crippen molar-refractivity contribution in [2.45, 2.75) is 52.3 Å². The number of hydrogen-bond acceptors (Lipinski definition) is 5. The summed E-state index contributed by atoms with van der Waals surface area (Å²) in [5.41, 5.74) is 0. The summed E-state index contributed by atoms with van der Waals surface area (Å²) in [6, 6.07) is 0.145. The molecule has 104 valence electrons. The third-order valence-corrected chi connectivity index (χ3v) is 3.75. The van der Waals surface area contributed by atoms with Crippen LogP contribution >= 0.6 is 11.8 Å². The first-order valence-electron chi connectivity index (χ1n) is 6.47.